The molecule has 2 amide bonds. The number of halogens is 1. The number of aromatic hydroxyl groups is 1. The Morgan fingerprint density at radius 2 is 1.57 bits per heavy atom. The van der Waals surface area contributed by atoms with Crippen molar-refractivity contribution in [1.29, 1.82) is 0 Å². The van der Waals surface area contributed by atoms with Crippen molar-refractivity contribution in [2.45, 2.75) is 39.8 Å². The molecule has 35 heavy (non-hydrogen) atoms. The third-order valence-electron chi connectivity index (χ3n) is 4.69. The maximum absolute atomic E-state index is 12.5. The molecule has 0 saturated heterocycles. The number of benzene rings is 1. The monoisotopic (exact) mass is 540 g/mol. The average Bonchev–Trinajstić information content (AvgIpc) is 3.18. The molecule has 1 heterocycles. The van der Waals surface area contributed by atoms with Crippen LogP contribution in [0.1, 0.15) is 48.5 Å². The van der Waals surface area contributed by atoms with Crippen LogP contribution in [-0.2, 0) is 0 Å². The largest absolute Gasteiger partial charge is 0.507 e. The number of ether oxygens (including phenoxy) is 2. The minimum Gasteiger partial charge on any atom is -0.507 e. The standard InChI is InChI=1S/C21H30N4O5S.ClH.3H2O/c1-12(2)25(13(3)4)8-7-22-20(28)15-11-31-21(23-15)24-19(27)14-9-17(29-5)18(30-6)10-16(14)26;;;;/h9-13,26H,7-8H2,1-6H3,(H,22,28)(H,23,24,27);1H;3*1H2. The molecule has 14 heteroatoms. The first kappa shape index (κ1) is 36.9. The summed E-state index contributed by atoms with van der Waals surface area (Å²) < 4.78 is 10.3. The SMILES string of the molecule is COc1cc(O)c(C(=O)Nc2nc(C(=O)NCCN(C(C)C)C(C)C)cs2)cc1OC.Cl.O.O.O. The Morgan fingerprint density at radius 3 is 2.09 bits per heavy atom. The highest BCUT2D eigenvalue weighted by Crippen LogP contribution is 2.34. The van der Waals surface area contributed by atoms with Crippen LogP contribution in [0, 0.1) is 0 Å². The Morgan fingerprint density at radius 1 is 1.03 bits per heavy atom. The van der Waals surface area contributed by atoms with Gasteiger partial charge in [0, 0.05) is 42.7 Å². The number of anilines is 1. The van der Waals surface area contributed by atoms with Crippen molar-refractivity contribution in [1.82, 2.24) is 15.2 Å². The van der Waals surface area contributed by atoms with Gasteiger partial charge in [-0.1, -0.05) is 0 Å². The van der Waals surface area contributed by atoms with Gasteiger partial charge in [0.15, 0.2) is 16.6 Å². The van der Waals surface area contributed by atoms with Gasteiger partial charge in [-0.05, 0) is 27.7 Å². The molecule has 2 aromatic rings. The quantitative estimate of drug-likeness (QED) is 0.396. The number of methoxy groups -OCH3 is 2. The van der Waals surface area contributed by atoms with Gasteiger partial charge in [0.05, 0.1) is 19.8 Å². The number of phenolic OH excluding ortho intramolecular Hbond substituents is 1. The van der Waals surface area contributed by atoms with Crippen molar-refractivity contribution in [2.75, 3.05) is 32.6 Å². The summed E-state index contributed by atoms with van der Waals surface area (Å²) in [4.78, 5) is 31.4. The van der Waals surface area contributed by atoms with Crippen LogP contribution in [0.2, 0.25) is 0 Å². The fraction of sp³-hybridized carbons (Fsp3) is 0.476. The number of nitrogens with one attached hydrogen (secondary N) is 2. The number of nitrogens with zero attached hydrogens (tertiary/aromatic N) is 2. The van der Waals surface area contributed by atoms with E-state index in [2.05, 4.69) is 48.2 Å². The molecule has 0 saturated carbocycles. The number of thiazole rings is 1. The van der Waals surface area contributed by atoms with Gasteiger partial charge in [0.25, 0.3) is 11.8 Å². The molecule has 1 aromatic carbocycles. The molecule has 0 bridgehead atoms. The van der Waals surface area contributed by atoms with Gasteiger partial charge in [-0.25, -0.2) is 4.98 Å². The molecule has 0 fully saturated rings. The van der Waals surface area contributed by atoms with Crippen LogP contribution in [0.15, 0.2) is 17.5 Å². The molecule has 0 aliphatic carbocycles. The Labute approximate surface area is 215 Å². The number of rotatable bonds is 10. The number of phenols is 1. The zero-order chi connectivity index (χ0) is 23.1. The molecule has 0 aliphatic heterocycles. The lowest BCUT2D eigenvalue weighted by Crippen LogP contribution is -2.42. The van der Waals surface area contributed by atoms with Gasteiger partial charge in [-0.15, -0.1) is 23.7 Å². The summed E-state index contributed by atoms with van der Waals surface area (Å²) in [6, 6.07) is 3.43. The van der Waals surface area contributed by atoms with Gasteiger partial charge in [0.2, 0.25) is 0 Å². The van der Waals surface area contributed by atoms with E-state index in [9.17, 15) is 14.7 Å². The molecule has 12 nitrogen and oxygen atoms in total. The van der Waals surface area contributed by atoms with E-state index in [4.69, 9.17) is 9.47 Å². The van der Waals surface area contributed by atoms with Crippen molar-refractivity contribution in [3.63, 3.8) is 0 Å². The van der Waals surface area contributed by atoms with Crippen LogP contribution in [-0.4, -0.2) is 82.6 Å². The van der Waals surface area contributed by atoms with E-state index in [0.717, 1.165) is 17.9 Å². The van der Waals surface area contributed by atoms with Gasteiger partial charge >= 0.3 is 0 Å². The second-order valence-corrected chi connectivity index (χ2v) is 8.26. The third kappa shape index (κ3) is 9.84. The normalized spacial score (nSPS) is 9.86. The minimum atomic E-state index is -0.579. The highest BCUT2D eigenvalue weighted by Gasteiger charge is 2.19. The van der Waals surface area contributed by atoms with Crippen molar-refractivity contribution in [3.05, 3.63) is 28.8 Å². The van der Waals surface area contributed by atoms with E-state index in [1.165, 1.54) is 26.4 Å². The van der Waals surface area contributed by atoms with E-state index in [-0.39, 0.29) is 56.9 Å². The van der Waals surface area contributed by atoms with Gasteiger partial charge in [-0.2, -0.15) is 0 Å². The number of carbonyl (C=O) groups is 2. The number of hydrogen-bond donors (Lipinski definition) is 3. The Bertz CT molecular complexity index is 919. The van der Waals surface area contributed by atoms with Crippen molar-refractivity contribution in [3.8, 4) is 17.2 Å². The summed E-state index contributed by atoms with van der Waals surface area (Å²) in [5.41, 5.74) is 0.221. The Hall–Kier alpha value is -2.68. The van der Waals surface area contributed by atoms with Crippen LogP contribution in [0.25, 0.3) is 0 Å². The van der Waals surface area contributed by atoms with Crippen molar-refractivity contribution < 1.29 is 40.6 Å². The van der Waals surface area contributed by atoms with Gasteiger partial charge in [0.1, 0.15) is 11.4 Å². The smallest absolute Gasteiger partial charge is 0.270 e. The van der Waals surface area contributed by atoms with Gasteiger partial charge in [-0.3, -0.25) is 19.8 Å². The summed E-state index contributed by atoms with van der Waals surface area (Å²) in [7, 11) is 2.87. The summed E-state index contributed by atoms with van der Waals surface area (Å²) in [5.74, 6) is -0.535. The van der Waals surface area contributed by atoms with Gasteiger partial charge < -0.3 is 36.3 Å². The molecule has 0 radical (unpaired) electrons. The number of amides is 2. The highest BCUT2D eigenvalue weighted by molar-refractivity contribution is 7.14. The molecule has 2 rings (SSSR count). The molecule has 0 aliphatic rings. The summed E-state index contributed by atoms with van der Waals surface area (Å²) >= 11 is 1.12. The fourth-order valence-corrected chi connectivity index (χ4v) is 3.84. The molecule has 9 N–H and O–H groups in total. The summed E-state index contributed by atoms with van der Waals surface area (Å²) in [6.45, 7) is 9.70. The second kappa shape index (κ2) is 16.9. The predicted octanol–water partition coefficient (Wildman–Crippen LogP) is 0.915. The number of carbonyl (C=O) groups excluding carboxylic acids is 2. The molecule has 0 spiro atoms. The Balaban J connectivity index is -0.00000256. The lowest BCUT2D eigenvalue weighted by molar-refractivity contribution is 0.0934. The molecule has 0 atom stereocenters. The van der Waals surface area contributed by atoms with Crippen molar-refractivity contribution >= 4 is 40.7 Å². The third-order valence-corrected chi connectivity index (χ3v) is 5.44. The molecular formula is C21H37ClN4O8S. The zero-order valence-corrected chi connectivity index (χ0v) is 22.2. The Kier molecular flexibility index (Phi) is 17.8. The maximum atomic E-state index is 12.5. The maximum Gasteiger partial charge on any atom is 0.270 e. The average molecular weight is 541 g/mol. The van der Waals surface area contributed by atoms with Crippen LogP contribution < -0.4 is 20.1 Å². The predicted molar refractivity (Wildman–Crippen MR) is 139 cm³/mol. The second-order valence-electron chi connectivity index (χ2n) is 7.40. The van der Waals surface area contributed by atoms with Crippen molar-refractivity contribution in [2.24, 2.45) is 0 Å². The molecule has 1 aromatic heterocycles. The van der Waals surface area contributed by atoms with E-state index in [1.54, 1.807) is 5.38 Å². The summed E-state index contributed by atoms with van der Waals surface area (Å²) in [6.07, 6.45) is 0. The first-order valence-corrected chi connectivity index (χ1v) is 10.8. The molecular weight excluding hydrogens is 504 g/mol. The van der Waals surface area contributed by atoms with E-state index in [0.29, 0.717) is 30.1 Å². The molecule has 0 unspecified atom stereocenters. The lowest BCUT2D eigenvalue weighted by atomic mass is 10.1. The van der Waals surface area contributed by atoms with E-state index in [1.807, 2.05) is 0 Å². The summed E-state index contributed by atoms with van der Waals surface area (Å²) in [5, 5.41) is 17.4. The van der Waals surface area contributed by atoms with Crippen LogP contribution in [0.4, 0.5) is 5.13 Å². The minimum absolute atomic E-state index is 0. The van der Waals surface area contributed by atoms with Crippen LogP contribution in [0.3, 0.4) is 0 Å². The fourth-order valence-electron chi connectivity index (χ4n) is 3.15. The zero-order valence-electron chi connectivity index (χ0n) is 20.6. The first-order valence-electron chi connectivity index (χ1n) is 9.93. The first-order chi connectivity index (χ1) is 14.7. The number of aromatic nitrogens is 1. The lowest BCUT2D eigenvalue weighted by Gasteiger charge is -2.30. The molecule has 202 valence electrons. The number of hydrogen-bond acceptors (Lipinski definition) is 8. The van der Waals surface area contributed by atoms with E-state index >= 15 is 0 Å². The van der Waals surface area contributed by atoms with E-state index < -0.39 is 5.91 Å². The van der Waals surface area contributed by atoms with Crippen LogP contribution >= 0.6 is 23.7 Å². The highest BCUT2D eigenvalue weighted by atomic mass is 35.5. The van der Waals surface area contributed by atoms with Crippen LogP contribution in [0.5, 0.6) is 17.2 Å². The topological polar surface area (TPSA) is 208 Å².